The zero-order valence-electron chi connectivity index (χ0n) is 11.6. The van der Waals surface area contributed by atoms with Crippen molar-refractivity contribution in [2.75, 3.05) is 0 Å². The predicted octanol–water partition coefficient (Wildman–Crippen LogP) is 4.74. The van der Waals surface area contributed by atoms with Gasteiger partial charge in [-0.3, -0.25) is 4.68 Å². The van der Waals surface area contributed by atoms with Gasteiger partial charge in [-0.2, -0.15) is 5.10 Å². The lowest BCUT2D eigenvalue weighted by Gasteiger charge is -2.22. The first-order chi connectivity index (χ1) is 8.70. The van der Waals surface area contributed by atoms with Crippen LogP contribution in [0.25, 0.3) is 0 Å². The maximum Gasteiger partial charge on any atom is 0.0627 e. The van der Waals surface area contributed by atoms with E-state index in [-0.39, 0.29) is 0 Å². The molecule has 102 valence electrons. The van der Waals surface area contributed by atoms with Crippen LogP contribution in [0, 0.1) is 5.92 Å². The van der Waals surface area contributed by atoms with Crippen LogP contribution in [0.2, 0.25) is 0 Å². The molecule has 0 N–H and O–H groups in total. The van der Waals surface area contributed by atoms with E-state index < -0.39 is 0 Å². The van der Waals surface area contributed by atoms with E-state index in [0.29, 0.717) is 16.8 Å². The van der Waals surface area contributed by atoms with Crippen molar-refractivity contribution in [2.45, 2.75) is 69.7 Å². The van der Waals surface area contributed by atoms with Crippen molar-refractivity contribution < 1.29 is 0 Å². The van der Waals surface area contributed by atoms with Crippen LogP contribution in [0.4, 0.5) is 0 Å². The van der Waals surface area contributed by atoms with Crippen LogP contribution in [0.1, 0.15) is 64.1 Å². The Kier molecular flexibility index (Phi) is 5.28. The second-order valence-corrected chi connectivity index (χ2v) is 6.86. The number of halogens is 1. The molecule has 1 aromatic heterocycles. The van der Waals surface area contributed by atoms with Gasteiger partial charge in [0.2, 0.25) is 0 Å². The second kappa shape index (κ2) is 6.74. The largest absolute Gasteiger partial charge is 0.269 e. The van der Waals surface area contributed by atoms with E-state index >= 15 is 0 Å². The van der Waals surface area contributed by atoms with Gasteiger partial charge in [0.1, 0.15) is 0 Å². The molecule has 18 heavy (non-hydrogen) atoms. The molecule has 1 saturated carbocycles. The van der Waals surface area contributed by atoms with Crippen LogP contribution in [-0.4, -0.2) is 14.6 Å². The summed E-state index contributed by atoms with van der Waals surface area (Å²) in [5, 5.41) is 4.79. The Morgan fingerprint density at radius 3 is 2.78 bits per heavy atom. The minimum absolute atomic E-state index is 0.609. The van der Waals surface area contributed by atoms with Crippen molar-refractivity contribution in [3.63, 3.8) is 0 Å². The zero-order chi connectivity index (χ0) is 13.0. The van der Waals surface area contributed by atoms with Gasteiger partial charge >= 0.3 is 0 Å². The molecule has 1 aliphatic rings. The third-order valence-electron chi connectivity index (χ3n) is 4.15. The molecule has 0 spiro atoms. The fraction of sp³-hybridized carbons (Fsp3) is 0.800. The first-order valence-electron chi connectivity index (χ1n) is 7.38. The third-order valence-corrected chi connectivity index (χ3v) is 5.70. The second-order valence-electron chi connectivity index (χ2n) is 5.68. The van der Waals surface area contributed by atoms with Gasteiger partial charge in [-0.15, -0.1) is 0 Å². The number of hydrogen-bond donors (Lipinski definition) is 0. The van der Waals surface area contributed by atoms with Crippen LogP contribution < -0.4 is 0 Å². The summed E-state index contributed by atoms with van der Waals surface area (Å²) >= 11 is 3.75. The highest BCUT2D eigenvalue weighted by atomic mass is 79.9. The van der Waals surface area contributed by atoms with Crippen molar-refractivity contribution in [1.29, 1.82) is 0 Å². The van der Waals surface area contributed by atoms with E-state index in [1.165, 1.54) is 44.2 Å². The maximum absolute atomic E-state index is 4.79. The standard InChI is InChI=1S/C15H25BrN2/c1-3-15(16)12(2)11-13-9-10-18(17-13)14-7-5-4-6-8-14/h9-10,12,14-15H,3-8,11H2,1-2H3. The van der Waals surface area contributed by atoms with Gasteiger partial charge in [-0.1, -0.05) is 49.0 Å². The lowest BCUT2D eigenvalue weighted by atomic mass is 9.96. The Labute approximate surface area is 119 Å². The molecule has 2 rings (SSSR count). The van der Waals surface area contributed by atoms with Gasteiger partial charge in [0.15, 0.2) is 0 Å². The summed E-state index contributed by atoms with van der Waals surface area (Å²) < 4.78 is 2.22. The first-order valence-corrected chi connectivity index (χ1v) is 8.30. The molecule has 0 radical (unpaired) electrons. The summed E-state index contributed by atoms with van der Waals surface area (Å²) in [5.41, 5.74) is 1.26. The molecule has 2 unspecified atom stereocenters. The third kappa shape index (κ3) is 3.59. The zero-order valence-corrected chi connectivity index (χ0v) is 13.2. The fourth-order valence-corrected chi connectivity index (χ4v) is 3.08. The van der Waals surface area contributed by atoms with Crippen molar-refractivity contribution >= 4 is 15.9 Å². The molecule has 1 fully saturated rings. The SMILES string of the molecule is CCC(Br)C(C)Cc1ccn(C2CCCCC2)n1. The number of aromatic nitrogens is 2. The summed E-state index contributed by atoms with van der Waals surface area (Å²) in [6.07, 6.45) is 11.2. The monoisotopic (exact) mass is 312 g/mol. The Hall–Kier alpha value is -0.310. The normalized spacial score (nSPS) is 20.8. The van der Waals surface area contributed by atoms with Crippen LogP contribution in [0.3, 0.4) is 0 Å². The Morgan fingerprint density at radius 1 is 1.39 bits per heavy atom. The average Bonchev–Trinajstić information content (AvgIpc) is 2.87. The predicted molar refractivity (Wildman–Crippen MR) is 80.2 cm³/mol. The molecule has 0 aliphatic heterocycles. The Bertz CT molecular complexity index is 355. The molecule has 2 nitrogen and oxygen atoms in total. The Morgan fingerprint density at radius 2 is 2.11 bits per heavy atom. The van der Waals surface area contributed by atoms with Gasteiger partial charge < -0.3 is 0 Å². The van der Waals surface area contributed by atoms with Crippen molar-refractivity contribution in [3.05, 3.63) is 18.0 Å². The quantitative estimate of drug-likeness (QED) is 0.718. The van der Waals surface area contributed by atoms with E-state index in [2.05, 4.69) is 46.7 Å². The summed E-state index contributed by atoms with van der Waals surface area (Å²) in [5.74, 6) is 0.657. The summed E-state index contributed by atoms with van der Waals surface area (Å²) in [6.45, 7) is 4.54. The molecular weight excluding hydrogens is 288 g/mol. The van der Waals surface area contributed by atoms with E-state index in [0.717, 1.165) is 6.42 Å². The molecule has 0 amide bonds. The van der Waals surface area contributed by atoms with Crippen LogP contribution in [0.15, 0.2) is 12.3 Å². The van der Waals surface area contributed by atoms with E-state index in [9.17, 15) is 0 Å². The number of hydrogen-bond acceptors (Lipinski definition) is 1. The number of rotatable bonds is 5. The highest BCUT2D eigenvalue weighted by molar-refractivity contribution is 9.09. The number of nitrogens with zero attached hydrogens (tertiary/aromatic N) is 2. The average molecular weight is 313 g/mol. The molecule has 0 aromatic carbocycles. The van der Waals surface area contributed by atoms with E-state index in [4.69, 9.17) is 5.10 Å². The maximum atomic E-state index is 4.79. The minimum atomic E-state index is 0.609. The first kappa shape index (κ1) is 14.1. The molecule has 2 atom stereocenters. The van der Waals surface area contributed by atoms with E-state index in [1.54, 1.807) is 0 Å². The molecule has 0 saturated heterocycles. The summed E-state index contributed by atoms with van der Waals surface area (Å²) in [7, 11) is 0. The topological polar surface area (TPSA) is 17.8 Å². The number of alkyl halides is 1. The molecular formula is C15H25BrN2. The van der Waals surface area contributed by atoms with Gasteiger partial charge in [0.05, 0.1) is 11.7 Å². The molecule has 0 bridgehead atoms. The fourth-order valence-electron chi connectivity index (χ4n) is 2.90. The molecule has 3 heteroatoms. The van der Waals surface area contributed by atoms with Crippen LogP contribution in [0.5, 0.6) is 0 Å². The van der Waals surface area contributed by atoms with Gasteiger partial charge in [-0.05, 0) is 37.7 Å². The lowest BCUT2D eigenvalue weighted by Crippen LogP contribution is -2.15. The van der Waals surface area contributed by atoms with Crippen molar-refractivity contribution in [2.24, 2.45) is 5.92 Å². The highest BCUT2D eigenvalue weighted by Gasteiger charge is 2.18. The van der Waals surface area contributed by atoms with Crippen molar-refractivity contribution in [1.82, 2.24) is 9.78 Å². The van der Waals surface area contributed by atoms with Crippen molar-refractivity contribution in [3.8, 4) is 0 Å². The highest BCUT2D eigenvalue weighted by Crippen LogP contribution is 2.28. The van der Waals surface area contributed by atoms with Crippen LogP contribution >= 0.6 is 15.9 Å². The Balaban J connectivity index is 1.93. The minimum Gasteiger partial charge on any atom is -0.269 e. The van der Waals surface area contributed by atoms with Gasteiger partial charge in [-0.25, -0.2) is 0 Å². The smallest absolute Gasteiger partial charge is 0.0627 e. The molecule has 1 aliphatic carbocycles. The summed E-state index contributed by atoms with van der Waals surface area (Å²) in [4.78, 5) is 0.609. The molecule has 1 heterocycles. The van der Waals surface area contributed by atoms with E-state index in [1.807, 2.05) is 0 Å². The van der Waals surface area contributed by atoms with Gasteiger partial charge in [0.25, 0.3) is 0 Å². The summed E-state index contributed by atoms with van der Waals surface area (Å²) in [6, 6.07) is 2.87. The lowest BCUT2D eigenvalue weighted by molar-refractivity contribution is 0.327. The van der Waals surface area contributed by atoms with Crippen LogP contribution in [-0.2, 0) is 6.42 Å². The molecule has 1 aromatic rings. The van der Waals surface area contributed by atoms with Gasteiger partial charge in [0, 0.05) is 11.0 Å².